The summed E-state index contributed by atoms with van der Waals surface area (Å²) in [5, 5.41) is 0. The van der Waals surface area contributed by atoms with E-state index in [4.69, 9.17) is 4.89 Å². The summed E-state index contributed by atoms with van der Waals surface area (Å²) < 4.78 is 23.2. The van der Waals surface area contributed by atoms with Crippen LogP contribution in [0.5, 0.6) is 0 Å². The molecule has 2 atom stereocenters. The molecule has 0 aliphatic rings. The zero-order chi connectivity index (χ0) is 6.41. The van der Waals surface area contributed by atoms with Crippen molar-refractivity contribution >= 4 is 25.8 Å². The van der Waals surface area contributed by atoms with E-state index in [1.165, 1.54) is 0 Å². The predicted molar refractivity (Wildman–Crippen MR) is 30.0 cm³/mol. The second-order valence-electron chi connectivity index (χ2n) is 0.634. The summed E-state index contributed by atoms with van der Waals surface area (Å²) in [6.07, 6.45) is 0. The van der Waals surface area contributed by atoms with E-state index >= 15 is 0 Å². The molecule has 0 aromatic carbocycles. The highest BCUT2D eigenvalue weighted by Crippen LogP contribution is 2.26. The number of hydrogen-bond donors (Lipinski definition) is 2. The molecule has 0 spiro atoms. The van der Waals surface area contributed by atoms with Crippen LogP contribution in [0.1, 0.15) is 0 Å². The third kappa shape index (κ3) is 6.51. The summed E-state index contributed by atoms with van der Waals surface area (Å²) in [5.74, 6) is 0. The van der Waals surface area contributed by atoms with Crippen molar-refractivity contribution in [2.45, 2.75) is 0 Å². The summed E-state index contributed by atoms with van der Waals surface area (Å²) in [7, 11) is -3.25. The molecular weight excluding hydrogens is 171 g/mol. The van der Waals surface area contributed by atoms with Crippen molar-refractivity contribution < 1.29 is 18.3 Å². The first-order valence-electron chi connectivity index (χ1n) is 1.43. The van der Waals surface area contributed by atoms with Gasteiger partial charge in [0.05, 0.1) is 0 Å². The Morgan fingerprint density at radius 1 is 1.88 bits per heavy atom. The van der Waals surface area contributed by atoms with Crippen LogP contribution in [-0.4, -0.2) is 4.89 Å². The minimum atomic E-state index is -2.56. The van der Waals surface area contributed by atoms with Gasteiger partial charge in [0.25, 0.3) is 8.61 Å². The van der Waals surface area contributed by atoms with Crippen molar-refractivity contribution in [2.75, 3.05) is 0 Å². The summed E-state index contributed by atoms with van der Waals surface area (Å²) in [6.45, 7) is 0. The fourth-order valence-electron chi connectivity index (χ4n) is 0.0781. The molecule has 46 valence electrons. The molecule has 0 aromatic heterocycles. The second-order valence-corrected chi connectivity index (χ2v) is 3.12. The van der Waals surface area contributed by atoms with Gasteiger partial charge >= 0.3 is 8.25 Å². The molecule has 2 unspecified atom stereocenters. The van der Waals surface area contributed by atoms with Crippen molar-refractivity contribution in [3.8, 4) is 0 Å². The number of nitrogens with one attached hydrogen (secondary N) is 1. The molecule has 0 bridgehead atoms. The Morgan fingerprint density at radius 2 is 2.50 bits per heavy atom. The minimum absolute atomic E-state index is 0.302. The van der Waals surface area contributed by atoms with Gasteiger partial charge in [0, 0.05) is 4.57 Å². The normalized spacial score (nSPS) is 13.4. The van der Waals surface area contributed by atoms with E-state index in [9.17, 15) is 9.13 Å². The Kier molecular flexibility index (Phi) is 6.00. The molecule has 0 rings (SSSR count). The number of rotatable bonds is 4. The molecule has 0 radical (unpaired) electrons. The average molecular weight is 174 g/mol. The molecule has 0 aliphatic heterocycles. The van der Waals surface area contributed by atoms with E-state index in [1.54, 1.807) is 0 Å². The maximum Gasteiger partial charge on any atom is 0.699 e. The van der Waals surface area contributed by atoms with Crippen LogP contribution < -0.4 is 4.86 Å². The van der Waals surface area contributed by atoms with Crippen molar-refractivity contribution in [3.63, 3.8) is 0 Å². The first kappa shape index (κ1) is 8.51. The van der Waals surface area contributed by atoms with Gasteiger partial charge in [-0.25, -0.2) is 0 Å². The SMILES string of the molecule is O=PNPO[P+](=O)O. The lowest BCUT2D eigenvalue weighted by molar-refractivity contribution is 0.428. The Labute approximate surface area is 49.9 Å². The van der Waals surface area contributed by atoms with Crippen LogP contribution in [0.2, 0.25) is 0 Å². The van der Waals surface area contributed by atoms with Crippen LogP contribution in [0.15, 0.2) is 0 Å². The summed E-state index contributed by atoms with van der Waals surface area (Å²) in [6, 6.07) is 0. The molecule has 0 heterocycles. The highest BCUT2D eigenvalue weighted by atomic mass is 31.2. The highest BCUT2D eigenvalue weighted by Gasteiger charge is 2.09. The van der Waals surface area contributed by atoms with E-state index in [0.717, 1.165) is 0 Å². The molecule has 0 saturated carbocycles. The van der Waals surface area contributed by atoms with Gasteiger partial charge in [-0.15, -0.1) is 4.89 Å². The van der Waals surface area contributed by atoms with Crippen LogP contribution in [-0.2, 0) is 13.4 Å². The van der Waals surface area contributed by atoms with Gasteiger partial charge in [-0.1, -0.05) is 4.31 Å². The topological polar surface area (TPSA) is 75.6 Å². The van der Waals surface area contributed by atoms with Crippen LogP contribution in [0, 0.1) is 0 Å². The van der Waals surface area contributed by atoms with Gasteiger partial charge < -0.3 is 0 Å². The molecular formula is H3NO4P3+. The summed E-state index contributed by atoms with van der Waals surface area (Å²) in [5.41, 5.74) is 0. The Balaban J connectivity index is 2.93. The average Bonchev–Trinajstić information content (AvgIpc) is 1.66. The second kappa shape index (κ2) is 5.64. The lowest BCUT2D eigenvalue weighted by Gasteiger charge is -1.78. The molecule has 8 heteroatoms. The monoisotopic (exact) mass is 174 g/mol. The zero-order valence-electron chi connectivity index (χ0n) is 3.57. The predicted octanol–water partition coefficient (Wildman–Crippen LogP) is 0.957. The summed E-state index contributed by atoms with van der Waals surface area (Å²) >= 11 is 0. The standard InChI is InChI=1S/H2NO4P3/c2-6-1-7-5-8(3)4/h7H,(H-,1,2,3,4)/p+1. The van der Waals surface area contributed by atoms with Crippen LogP contribution in [0.25, 0.3) is 0 Å². The summed E-state index contributed by atoms with van der Waals surface area (Å²) in [4.78, 5) is 10.1. The smallest absolute Gasteiger partial charge is 0.256 e. The Hall–Kier alpha value is 0.510. The molecule has 0 aliphatic carbocycles. The van der Waals surface area contributed by atoms with E-state index in [-0.39, 0.29) is 8.61 Å². The van der Waals surface area contributed by atoms with Crippen LogP contribution in [0.3, 0.4) is 0 Å². The zero-order valence-corrected chi connectivity index (χ0v) is 6.36. The van der Waals surface area contributed by atoms with Gasteiger partial charge in [-0.2, -0.15) is 4.86 Å². The third-order valence-corrected chi connectivity index (χ3v) is 1.94. The third-order valence-electron chi connectivity index (χ3n) is 0.215. The molecule has 2 N–H and O–H groups in total. The van der Waals surface area contributed by atoms with Crippen molar-refractivity contribution in [1.82, 2.24) is 4.86 Å². The van der Waals surface area contributed by atoms with Gasteiger partial charge in [0.15, 0.2) is 8.96 Å². The maximum absolute atomic E-state index is 9.66. The minimum Gasteiger partial charge on any atom is -0.256 e. The lowest BCUT2D eigenvalue weighted by Crippen LogP contribution is -1.75. The Bertz CT molecular complexity index is 91.3. The largest absolute Gasteiger partial charge is 0.699 e. The van der Waals surface area contributed by atoms with Gasteiger partial charge in [0.2, 0.25) is 0 Å². The quantitative estimate of drug-likeness (QED) is 0.490. The fraction of sp³-hybridized carbons (Fsp3) is 0. The molecule has 0 saturated heterocycles. The van der Waals surface area contributed by atoms with Gasteiger partial charge in [0.1, 0.15) is 0 Å². The molecule has 0 amide bonds. The van der Waals surface area contributed by atoms with E-state index in [1.807, 2.05) is 0 Å². The van der Waals surface area contributed by atoms with Crippen molar-refractivity contribution in [2.24, 2.45) is 0 Å². The first-order chi connectivity index (χ1) is 3.77. The highest BCUT2D eigenvalue weighted by molar-refractivity contribution is 7.50. The first-order valence-corrected chi connectivity index (χ1v) is 4.28. The van der Waals surface area contributed by atoms with Crippen LogP contribution in [0.4, 0.5) is 0 Å². The van der Waals surface area contributed by atoms with Gasteiger partial charge in [-0.05, 0) is 0 Å². The van der Waals surface area contributed by atoms with E-state index < -0.39 is 17.2 Å². The maximum atomic E-state index is 9.66. The molecule has 5 nitrogen and oxygen atoms in total. The number of hydrogen-bond acceptors (Lipinski definition) is 3. The molecule has 0 fully saturated rings. The van der Waals surface area contributed by atoms with E-state index in [2.05, 4.69) is 9.17 Å². The van der Waals surface area contributed by atoms with Crippen molar-refractivity contribution in [3.05, 3.63) is 0 Å². The molecule has 0 aromatic rings. The lowest BCUT2D eigenvalue weighted by atomic mass is 13.9. The Morgan fingerprint density at radius 3 is 2.88 bits per heavy atom. The van der Waals surface area contributed by atoms with Crippen molar-refractivity contribution in [1.29, 1.82) is 0 Å². The van der Waals surface area contributed by atoms with E-state index in [0.29, 0.717) is 0 Å². The van der Waals surface area contributed by atoms with Gasteiger partial charge in [-0.3, -0.25) is 4.57 Å². The molecule has 8 heavy (non-hydrogen) atoms. The van der Waals surface area contributed by atoms with Crippen LogP contribution >= 0.6 is 25.8 Å². The fourth-order valence-corrected chi connectivity index (χ4v) is 1.07.